The fourth-order valence-corrected chi connectivity index (χ4v) is 2.63. The molecular formula is C11H19N3O4S. The normalized spacial score (nSPS) is 17.8. The second-order valence-electron chi connectivity index (χ2n) is 4.37. The number of nitrogens with one attached hydrogen (secondary N) is 1. The van der Waals surface area contributed by atoms with Gasteiger partial charge < -0.3 is 20.2 Å². The van der Waals surface area contributed by atoms with Crippen molar-refractivity contribution in [1.29, 1.82) is 0 Å². The van der Waals surface area contributed by atoms with Crippen LogP contribution in [0.25, 0.3) is 0 Å². The number of piperazine rings is 1. The number of likely N-dealkylation sites (N-methyl/N-ethyl adjacent to an activating group) is 1. The summed E-state index contributed by atoms with van der Waals surface area (Å²) in [6, 6.07) is -0.942. The summed E-state index contributed by atoms with van der Waals surface area (Å²) in [7, 11) is 2.01. The molecule has 7 nitrogen and oxygen atoms in total. The average molecular weight is 289 g/mol. The summed E-state index contributed by atoms with van der Waals surface area (Å²) in [6.07, 6.45) is 0.363. The molecular weight excluding hydrogens is 270 g/mol. The monoisotopic (exact) mass is 289 g/mol. The summed E-state index contributed by atoms with van der Waals surface area (Å²) in [5.41, 5.74) is 0. The molecule has 1 atom stereocenters. The molecule has 1 rings (SSSR count). The molecule has 1 saturated heterocycles. The molecule has 0 aliphatic carbocycles. The standard InChI is InChI=1S/C11H19N3O4S/c1-13-2-4-14(5-3-13)10(16)7-19-6-9(11(17)18)12-8-15/h8-9H,2-7H2,1H3,(H,12,15)(H,17,18). The molecule has 1 fully saturated rings. The lowest BCUT2D eigenvalue weighted by Crippen LogP contribution is -2.48. The Hall–Kier alpha value is -1.28. The van der Waals surface area contributed by atoms with Crippen LogP contribution in [0.5, 0.6) is 0 Å². The van der Waals surface area contributed by atoms with E-state index in [2.05, 4.69) is 10.2 Å². The van der Waals surface area contributed by atoms with E-state index in [0.717, 1.165) is 13.1 Å². The highest BCUT2D eigenvalue weighted by Gasteiger charge is 2.20. The Morgan fingerprint density at radius 2 is 2.00 bits per heavy atom. The quantitative estimate of drug-likeness (QED) is 0.566. The molecule has 0 saturated carbocycles. The highest BCUT2D eigenvalue weighted by Crippen LogP contribution is 2.07. The molecule has 1 aliphatic heterocycles. The zero-order valence-electron chi connectivity index (χ0n) is 10.9. The topological polar surface area (TPSA) is 90.0 Å². The Kier molecular flexibility index (Phi) is 6.65. The van der Waals surface area contributed by atoms with Crippen LogP contribution in [0.4, 0.5) is 0 Å². The number of carbonyl (C=O) groups excluding carboxylic acids is 2. The lowest BCUT2D eigenvalue weighted by Gasteiger charge is -2.32. The third kappa shape index (κ3) is 5.48. The van der Waals surface area contributed by atoms with Crippen LogP contribution in [0, 0.1) is 0 Å². The lowest BCUT2D eigenvalue weighted by atomic mass is 10.3. The van der Waals surface area contributed by atoms with E-state index >= 15 is 0 Å². The minimum Gasteiger partial charge on any atom is -0.480 e. The number of amides is 2. The van der Waals surface area contributed by atoms with Crippen LogP contribution in [0.1, 0.15) is 0 Å². The largest absolute Gasteiger partial charge is 0.480 e. The number of rotatable bonds is 7. The number of carbonyl (C=O) groups is 3. The van der Waals surface area contributed by atoms with Crippen molar-refractivity contribution in [3.05, 3.63) is 0 Å². The van der Waals surface area contributed by atoms with Gasteiger partial charge in [-0.05, 0) is 7.05 Å². The van der Waals surface area contributed by atoms with Crippen LogP contribution < -0.4 is 5.32 Å². The van der Waals surface area contributed by atoms with Crippen LogP contribution in [-0.4, -0.2) is 84.0 Å². The number of hydrogen-bond acceptors (Lipinski definition) is 5. The Morgan fingerprint density at radius 1 is 1.37 bits per heavy atom. The molecule has 1 unspecified atom stereocenters. The molecule has 108 valence electrons. The molecule has 19 heavy (non-hydrogen) atoms. The highest BCUT2D eigenvalue weighted by molar-refractivity contribution is 8.00. The van der Waals surface area contributed by atoms with Gasteiger partial charge in [-0.2, -0.15) is 0 Å². The summed E-state index contributed by atoms with van der Waals surface area (Å²) >= 11 is 1.23. The van der Waals surface area contributed by atoms with Crippen LogP contribution in [0.3, 0.4) is 0 Å². The van der Waals surface area contributed by atoms with Gasteiger partial charge in [0.1, 0.15) is 6.04 Å². The Balaban J connectivity index is 2.26. The SMILES string of the molecule is CN1CCN(C(=O)CSCC(NC=O)C(=O)O)CC1. The van der Waals surface area contributed by atoms with Crippen molar-refractivity contribution in [3.8, 4) is 0 Å². The molecule has 2 amide bonds. The van der Waals surface area contributed by atoms with Gasteiger partial charge in [-0.1, -0.05) is 0 Å². The molecule has 1 heterocycles. The van der Waals surface area contributed by atoms with Gasteiger partial charge >= 0.3 is 5.97 Å². The third-order valence-corrected chi connectivity index (χ3v) is 3.95. The van der Waals surface area contributed by atoms with Crippen molar-refractivity contribution < 1.29 is 19.5 Å². The van der Waals surface area contributed by atoms with Crippen molar-refractivity contribution in [1.82, 2.24) is 15.1 Å². The van der Waals surface area contributed by atoms with E-state index in [9.17, 15) is 14.4 Å². The van der Waals surface area contributed by atoms with E-state index in [1.165, 1.54) is 11.8 Å². The number of carboxylic acid groups (broad SMARTS) is 1. The van der Waals surface area contributed by atoms with Gasteiger partial charge in [-0.15, -0.1) is 11.8 Å². The maximum Gasteiger partial charge on any atom is 0.327 e. The predicted octanol–water partition coefficient (Wildman–Crippen LogP) is -1.31. The minimum absolute atomic E-state index is 0.0216. The van der Waals surface area contributed by atoms with Crippen molar-refractivity contribution in [2.24, 2.45) is 0 Å². The maximum absolute atomic E-state index is 11.9. The zero-order valence-corrected chi connectivity index (χ0v) is 11.7. The van der Waals surface area contributed by atoms with Crippen LogP contribution in [-0.2, 0) is 14.4 Å². The van der Waals surface area contributed by atoms with Gasteiger partial charge in [0.25, 0.3) is 0 Å². The molecule has 0 bridgehead atoms. The summed E-state index contributed by atoms with van der Waals surface area (Å²) < 4.78 is 0. The summed E-state index contributed by atoms with van der Waals surface area (Å²) in [5.74, 6) is -0.637. The van der Waals surface area contributed by atoms with Crippen molar-refractivity contribution in [2.75, 3.05) is 44.7 Å². The fourth-order valence-electron chi connectivity index (χ4n) is 1.68. The maximum atomic E-state index is 11.9. The molecule has 0 spiro atoms. The van der Waals surface area contributed by atoms with Crippen LogP contribution >= 0.6 is 11.8 Å². The number of nitrogens with zero attached hydrogens (tertiary/aromatic N) is 2. The minimum atomic E-state index is -1.09. The van der Waals surface area contributed by atoms with Gasteiger partial charge in [0, 0.05) is 31.9 Å². The molecule has 8 heteroatoms. The van der Waals surface area contributed by atoms with Gasteiger partial charge in [0.15, 0.2) is 0 Å². The molecule has 0 aromatic rings. The summed E-state index contributed by atoms with van der Waals surface area (Å²) in [5, 5.41) is 11.0. The van der Waals surface area contributed by atoms with E-state index in [1.54, 1.807) is 4.90 Å². The first-order valence-corrected chi connectivity index (χ1v) is 7.16. The Bertz CT molecular complexity index is 332. The summed E-state index contributed by atoms with van der Waals surface area (Å²) in [6.45, 7) is 3.15. The van der Waals surface area contributed by atoms with E-state index < -0.39 is 12.0 Å². The van der Waals surface area contributed by atoms with Crippen LogP contribution in [0.15, 0.2) is 0 Å². The molecule has 1 aliphatic rings. The van der Waals surface area contributed by atoms with Crippen LogP contribution in [0.2, 0.25) is 0 Å². The van der Waals surface area contributed by atoms with Gasteiger partial charge in [-0.25, -0.2) is 4.79 Å². The molecule has 0 radical (unpaired) electrons. The van der Waals surface area contributed by atoms with Crippen molar-refractivity contribution in [3.63, 3.8) is 0 Å². The van der Waals surface area contributed by atoms with E-state index in [-0.39, 0.29) is 17.4 Å². The highest BCUT2D eigenvalue weighted by atomic mass is 32.2. The van der Waals surface area contributed by atoms with E-state index in [4.69, 9.17) is 5.11 Å². The number of thioether (sulfide) groups is 1. The number of carboxylic acids is 1. The van der Waals surface area contributed by atoms with Gasteiger partial charge in [-0.3, -0.25) is 9.59 Å². The zero-order chi connectivity index (χ0) is 14.3. The second kappa shape index (κ2) is 8.00. The first-order chi connectivity index (χ1) is 9.04. The van der Waals surface area contributed by atoms with Gasteiger partial charge in [0.05, 0.1) is 5.75 Å². The Labute approximate surface area is 116 Å². The average Bonchev–Trinajstić information content (AvgIpc) is 2.38. The fraction of sp³-hybridized carbons (Fsp3) is 0.727. The van der Waals surface area contributed by atoms with Gasteiger partial charge in [0.2, 0.25) is 12.3 Å². The second-order valence-corrected chi connectivity index (χ2v) is 5.40. The predicted molar refractivity (Wildman–Crippen MR) is 72.0 cm³/mol. The first kappa shape index (κ1) is 15.8. The lowest BCUT2D eigenvalue weighted by molar-refractivity contribution is -0.139. The molecule has 0 aromatic carbocycles. The molecule has 2 N–H and O–H groups in total. The number of hydrogen-bond donors (Lipinski definition) is 2. The number of aliphatic carboxylic acids is 1. The Morgan fingerprint density at radius 3 is 2.53 bits per heavy atom. The molecule has 0 aromatic heterocycles. The third-order valence-electron chi connectivity index (χ3n) is 2.93. The van der Waals surface area contributed by atoms with Crippen molar-refractivity contribution in [2.45, 2.75) is 6.04 Å². The first-order valence-electron chi connectivity index (χ1n) is 6.01. The van der Waals surface area contributed by atoms with Crippen molar-refractivity contribution >= 4 is 30.0 Å². The smallest absolute Gasteiger partial charge is 0.327 e. The summed E-state index contributed by atoms with van der Waals surface area (Å²) in [4.78, 5) is 36.8. The van der Waals surface area contributed by atoms with E-state index in [1.807, 2.05) is 7.05 Å². The van der Waals surface area contributed by atoms with E-state index in [0.29, 0.717) is 19.5 Å².